The largest absolute Gasteiger partial charge is 0.339 e. The summed E-state index contributed by atoms with van der Waals surface area (Å²) in [5.74, 6) is -5.69. The molecule has 0 N–H and O–H groups in total. The summed E-state index contributed by atoms with van der Waals surface area (Å²) in [6.45, 7) is 6.18. The van der Waals surface area contributed by atoms with Gasteiger partial charge in [0.15, 0.2) is 0 Å². The number of halogens is 4. The van der Waals surface area contributed by atoms with Crippen LogP contribution < -0.4 is 0 Å². The van der Waals surface area contributed by atoms with Crippen molar-refractivity contribution < 1.29 is 17.6 Å². The van der Waals surface area contributed by atoms with Gasteiger partial charge >= 0.3 is 11.8 Å². The first kappa shape index (κ1) is 18.3. The van der Waals surface area contributed by atoms with E-state index in [-0.39, 0.29) is 0 Å². The number of benzene rings is 2. The first-order valence-electron chi connectivity index (χ1n) is 7.49. The number of alkyl halides is 4. The van der Waals surface area contributed by atoms with Crippen LogP contribution in [0.5, 0.6) is 0 Å². The Morgan fingerprint density at radius 1 is 0.708 bits per heavy atom. The van der Waals surface area contributed by atoms with E-state index in [1.807, 2.05) is 0 Å². The van der Waals surface area contributed by atoms with E-state index >= 15 is 0 Å². The lowest BCUT2D eigenvalue weighted by molar-refractivity contribution is -0.223. The molecule has 126 valence electrons. The van der Waals surface area contributed by atoms with Gasteiger partial charge in [-0.1, -0.05) is 68.0 Å². The maximum atomic E-state index is 14.3. The lowest BCUT2D eigenvalue weighted by Crippen LogP contribution is -2.35. The highest BCUT2D eigenvalue weighted by atomic mass is 28.3. The van der Waals surface area contributed by atoms with Crippen LogP contribution in [-0.4, -0.2) is 8.07 Å². The van der Waals surface area contributed by atoms with Crippen molar-refractivity contribution in [2.75, 3.05) is 0 Å². The highest BCUT2D eigenvalue weighted by Crippen LogP contribution is 2.49. The van der Waals surface area contributed by atoms with Crippen LogP contribution in [0.2, 0.25) is 19.6 Å². The van der Waals surface area contributed by atoms with Crippen molar-refractivity contribution in [2.24, 2.45) is 0 Å². The molecule has 2 aromatic rings. The Hall–Kier alpha value is -2.06. The molecule has 0 amide bonds. The molecule has 2 rings (SSSR count). The number of rotatable bonds is 3. The van der Waals surface area contributed by atoms with Gasteiger partial charge in [0.1, 0.15) is 8.07 Å². The fourth-order valence-corrected chi connectivity index (χ4v) is 2.55. The molecule has 0 spiro atoms. The second-order valence-electron chi connectivity index (χ2n) is 6.59. The summed E-state index contributed by atoms with van der Waals surface area (Å²) in [5, 5.41) is 0. The van der Waals surface area contributed by atoms with Crippen molar-refractivity contribution in [3.63, 3.8) is 0 Å². The van der Waals surface area contributed by atoms with Crippen molar-refractivity contribution in [3.05, 3.63) is 71.3 Å². The van der Waals surface area contributed by atoms with E-state index in [9.17, 15) is 17.6 Å². The molecule has 0 saturated carbocycles. The highest BCUT2D eigenvalue weighted by molar-refractivity contribution is 6.83. The van der Waals surface area contributed by atoms with Crippen LogP contribution in [0.3, 0.4) is 0 Å². The monoisotopic (exact) mass is 350 g/mol. The molecule has 0 unspecified atom stereocenters. The molecule has 0 fully saturated rings. The van der Waals surface area contributed by atoms with Crippen LogP contribution in [0.15, 0.2) is 54.6 Å². The molecule has 0 saturated heterocycles. The average Bonchev–Trinajstić information content (AvgIpc) is 2.53. The average molecular weight is 350 g/mol. The Morgan fingerprint density at radius 3 is 1.62 bits per heavy atom. The molecule has 5 heteroatoms. The number of hydrogen-bond acceptors (Lipinski definition) is 0. The van der Waals surface area contributed by atoms with Crippen LogP contribution in [0.25, 0.3) is 0 Å². The number of hydrogen-bond donors (Lipinski definition) is 0. The predicted octanol–water partition coefficient (Wildman–Crippen LogP) is 5.80. The standard InChI is InChI=1S/C19H18F4Si/c1-24(2,3)14-13-15-9-11-17(12-10-15)19(22,23)18(20,21)16-7-5-4-6-8-16/h4-12H,1-3H3. The van der Waals surface area contributed by atoms with E-state index in [4.69, 9.17) is 0 Å². The van der Waals surface area contributed by atoms with Crippen molar-refractivity contribution in [2.45, 2.75) is 31.5 Å². The smallest absolute Gasteiger partial charge is 0.194 e. The van der Waals surface area contributed by atoms with E-state index in [0.29, 0.717) is 5.56 Å². The van der Waals surface area contributed by atoms with Crippen LogP contribution >= 0.6 is 0 Å². The molecular formula is C19H18F4Si. The molecule has 0 aliphatic heterocycles. The van der Waals surface area contributed by atoms with Gasteiger partial charge in [0.2, 0.25) is 0 Å². The van der Waals surface area contributed by atoms with Crippen molar-refractivity contribution >= 4 is 8.07 Å². The van der Waals surface area contributed by atoms with Gasteiger partial charge in [0.25, 0.3) is 0 Å². The zero-order valence-electron chi connectivity index (χ0n) is 13.7. The fourth-order valence-electron chi connectivity index (χ4n) is 2.03. The second kappa shape index (κ2) is 6.44. The summed E-state index contributed by atoms with van der Waals surface area (Å²) >= 11 is 0. The normalized spacial score (nSPS) is 12.5. The van der Waals surface area contributed by atoms with Gasteiger partial charge in [0.05, 0.1) is 0 Å². The van der Waals surface area contributed by atoms with E-state index < -0.39 is 31.0 Å². The Bertz CT molecular complexity index is 748. The third kappa shape index (κ3) is 3.88. The minimum atomic E-state index is -4.31. The molecule has 0 aliphatic carbocycles. The summed E-state index contributed by atoms with van der Waals surface area (Å²) < 4.78 is 57.2. The summed E-state index contributed by atoms with van der Waals surface area (Å²) in [7, 11) is -1.59. The lowest BCUT2D eigenvalue weighted by Gasteiger charge is -2.27. The van der Waals surface area contributed by atoms with Crippen LogP contribution in [0.4, 0.5) is 17.6 Å². The van der Waals surface area contributed by atoms with Gasteiger partial charge < -0.3 is 0 Å². The Morgan fingerprint density at radius 2 is 1.17 bits per heavy atom. The summed E-state index contributed by atoms with van der Waals surface area (Å²) in [6.07, 6.45) is 0. The first-order chi connectivity index (χ1) is 11.0. The van der Waals surface area contributed by atoms with Crippen LogP contribution in [0, 0.1) is 11.5 Å². The molecule has 0 heterocycles. The van der Waals surface area contributed by atoms with E-state index in [1.165, 1.54) is 30.3 Å². The minimum absolute atomic E-state index is 0.542. The Labute approximate surface area is 140 Å². The summed E-state index contributed by atoms with van der Waals surface area (Å²) in [6, 6.07) is 10.9. The molecule has 0 bridgehead atoms. The van der Waals surface area contributed by atoms with Crippen LogP contribution in [0.1, 0.15) is 16.7 Å². The third-order valence-electron chi connectivity index (χ3n) is 3.36. The van der Waals surface area contributed by atoms with Gasteiger partial charge in [0, 0.05) is 16.7 Å². The molecule has 0 nitrogen and oxygen atoms in total. The zero-order valence-corrected chi connectivity index (χ0v) is 14.7. The van der Waals surface area contributed by atoms with Gasteiger partial charge in [-0.15, -0.1) is 5.54 Å². The van der Waals surface area contributed by atoms with E-state index in [1.54, 1.807) is 0 Å². The fraction of sp³-hybridized carbons (Fsp3) is 0.263. The quantitative estimate of drug-likeness (QED) is 0.373. The Kier molecular flexibility index (Phi) is 4.91. The molecule has 0 atom stereocenters. The molecule has 0 radical (unpaired) electrons. The summed E-state index contributed by atoms with van der Waals surface area (Å²) in [5.41, 5.74) is 2.21. The first-order valence-corrected chi connectivity index (χ1v) is 11.0. The van der Waals surface area contributed by atoms with Gasteiger partial charge in [-0.3, -0.25) is 0 Å². The van der Waals surface area contributed by atoms with Crippen molar-refractivity contribution in [1.82, 2.24) is 0 Å². The maximum Gasteiger partial charge on any atom is 0.339 e. The topological polar surface area (TPSA) is 0 Å². The molecule has 0 aliphatic rings. The molecule has 2 aromatic carbocycles. The highest BCUT2D eigenvalue weighted by Gasteiger charge is 2.58. The molecule has 0 aromatic heterocycles. The second-order valence-corrected chi connectivity index (χ2v) is 11.3. The van der Waals surface area contributed by atoms with Gasteiger partial charge in [-0.2, -0.15) is 17.6 Å². The SMILES string of the molecule is C[Si](C)(C)C#Cc1ccc(C(F)(F)C(F)(F)c2ccccc2)cc1. The molecule has 24 heavy (non-hydrogen) atoms. The lowest BCUT2D eigenvalue weighted by atomic mass is 9.95. The maximum absolute atomic E-state index is 14.3. The van der Waals surface area contributed by atoms with Crippen LogP contribution in [-0.2, 0) is 11.8 Å². The van der Waals surface area contributed by atoms with Gasteiger partial charge in [-0.25, -0.2) is 0 Å². The van der Waals surface area contributed by atoms with Crippen molar-refractivity contribution in [3.8, 4) is 11.5 Å². The zero-order chi connectivity index (χ0) is 18.0. The van der Waals surface area contributed by atoms with Crippen molar-refractivity contribution in [1.29, 1.82) is 0 Å². The minimum Gasteiger partial charge on any atom is -0.194 e. The Balaban J connectivity index is 2.34. The third-order valence-corrected chi connectivity index (χ3v) is 4.23. The van der Waals surface area contributed by atoms with Gasteiger partial charge in [-0.05, 0) is 12.1 Å². The van der Waals surface area contributed by atoms with E-state index in [2.05, 4.69) is 31.1 Å². The van der Waals surface area contributed by atoms with E-state index in [0.717, 1.165) is 24.3 Å². The predicted molar refractivity (Wildman–Crippen MR) is 90.9 cm³/mol. The summed E-state index contributed by atoms with van der Waals surface area (Å²) in [4.78, 5) is 0. The molecular weight excluding hydrogens is 332 g/mol.